The molecule has 0 bridgehead atoms. The Bertz CT molecular complexity index is 439. The highest BCUT2D eigenvalue weighted by Crippen LogP contribution is 2.33. The first-order valence-corrected chi connectivity index (χ1v) is 7.68. The lowest BCUT2D eigenvalue weighted by atomic mass is 9.81. The maximum absolute atomic E-state index is 11.3. The highest BCUT2D eigenvalue weighted by Gasteiger charge is 2.36. The summed E-state index contributed by atoms with van der Waals surface area (Å²) >= 11 is 0. The zero-order valence-electron chi connectivity index (χ0n) is 12.4. The topological polar surface area (TPSA) is 66.8 Å². The van der Waals surface area contributed by atoms with Gasteiger partial charge in [0.15, 0.2) is 0 Å². The molecule has 4 heteroatoms. The summed E-state index contributed by atoms with van der Waals surface area (Å²) in [7, 11) is 0. The fourth-order valence-corrected chi connectivity index (χ4v) is 3.13. The Morgan fingerprint density at radius 2 is 1.76 bits per heavy atom. The second kappa shape index (κ2) is 7.57. The second-order valence-electron chi connectivity index (χ2n) is 5.82. The highest BCUT2D eigenvalue weighted by molar-refractivity contribution is 5.66. The van der Waals surface area contributed by atoms with Crippen molar-refractivity contribution in [1.29, 1.82) is 0 Å². The summed E-state index contributed by atoms with van der Waals surface area (Å²) in [4.78, 5) is 11.3. The van der Waals surface area contributed by atoms with Crippen LogP contribution in [0.25, 0.3) is 0 Å². The average Bonchev–Trinajstić information content (AvgIpc) is 2.53. The van der Waals surface area contributed by atoms with Gasteiger partial charge >= 0.3 is 5.97 Å². The van der Waals surface area contributed by atoms with E-state index in [0.29, 0.717) is 5.56 Å². The molecule has 0 unspecified atom stereocenters. The molecule has 1 aliphatic rings. The van der Waals surface area contributed by atoms with Gasteiger partial charge in [0.25, 0.3) is 0 Å². The smallest absolute Gasteiger partial charge is 0.303 e. The Kier molecular flexibility index (Phi) is 5.76. The molecule has 0 aliphatic heterocycles. The number of benzene rings is 1. The van der Waals surface area contributed by atoms with Crippen LogP contribution in [0, 0.1) is 5.92 Å². The van der Waals surface area contributed by atoms with E-state index in [0.717, 1.165) is 25.7 Å². The van der Waals surface area contributed by atoms with Crippen molar-refractivity contribution in [2.24, 2.45) is 5.92 Å². The number of hydrogen-bond acceptors (Lipinski definition) is 4. The molecule has 4 nitrogen and oxygen atoms in total. The maximum Gasteiger partial charge on any atom is 0.303 e. The fourth-order valence-electron chi connectivity index (χ4n) is 3.13. The third kappa shape index (κ3) is 4.29. The predicted octanol–water partition coefficient (Wildman–Crippen LogP) is 2.59. The SMILES string of the molecule is CC(=O)O[C@H](C1CCCCC1)[C@@H](O)[C@H](O)c1ccccc1. The highest BCUT2D eigenvalue weighted by atomic mass is 16.6. The van der Waals surface area contributed by atoms with E-state index in [4.69, 9.17) is 4.74 Å². The van der Waals surface area contributed by atoms with Crippen molar-refractivity contribution in [1.82, 2.24) is 0 Å². The zero-order valence-corrected chi connectivity index (χ0v) is 12.4. The van der Waals surface area contributed by atoms with Gasteiger partial charge in [-0.25, -0.2) is 0 Å². The van der Waals surface area contributed by atoms with Crippen molar-refractivity contribution in [3.05, 3.63) is 35.9 Å². The lowest BCUT2D eigenvalue weighted by Crippen LogP contribution is -2.41. The number of carbonyl (C=O) groups excluding carboxylic acids is 1. The summed E-state index contributed by atoms with van der Waals surface area (Å²) in [5.41, 5.74) is 0.637. The lowest BCUT2D eigenvalue weighted by molar-refractivity contribution is -0.165. The van der Waals surface area contributed by atoms with Gasteiger partial charge in [-0.2, -0.15) is 0 Å². The number of aliphatic hydroxyl groups is 2. The van der Waals surface area contributed by atoms with Crippen LogP contribution >= 0.6 is 0 Å². The van der Waals surface area contributed by atoms with Crippen molar-refractivity contribution >= 4 is 5.97 Å². The van der Waals surface area contributed by atoms with Gasteiger partial charge in [0, 0.05) is 6.92 Å². The van der Waals surface area contributed by atoms with E-state index in [1.807, 2.05) is 18.2 Å². The Morgan fingerprint density at radius 1 is 1.14 bits per heavy atom. The Balaban J connectivity index is 2.12. The summed E-state index contributed by atoms with van der Waals surface area (Å²) in [5.74, 6) is -0.291. The molecule has 0 heterocycles. The zero-order chi connectivity index (χ0) is 15.2. The van der Waals surface area contributed by atoms with Crippen LogP contribution in [0.3, 0.4) is 0 Å². The molecule has 1 aromatic rings. The van der Waals surface area contributed by atoms with Crippen LogP contribution in [0.15, 0.2) is 30.3 Å². The van der Waals surface area contributed by atoms with E-state index in [1.165, 1.54) is 13.3 Å². The van der Waals surface area contributed by atoms with E-state index >= 15 is 0 Å². The van der Waals surface area contributed by atoms with E-state index in [2.05, 4.69) is 0 Å². The van der Waals surface area contributed by atoms with Crippen molar-refractivity contribution in [3.8, 4) is 0 Å². The third-order valence-electron chi connectivity index (χ3n) is 4.22. The van der Waals surface area contributed by atoms with Crippen LogP contribution < -0.4 is 0 Å². The first-order valence-electron chi connectivity index (χ1n) is 7.68. The molecule has 0 aromatic heterocycles. The minimum absolute atomic E-state index is 0.121. The monoisotopic (exact) mass is 292 g/mol. The van der Waals surface area contributed by atoms with Gasteiger partial charge in [-0.05, 0) is 24.3 Å². The number of esters is 1. The maximum atomic E-state index is 11.3. The molecule has 1 saturated carbocycles. The molecule has 1 fully saturated rings. The van der Waals surface area contributed by atoms with Crippen molar-refractivity contribution in [2.75, 3.05) is 0 Å². The number of carbonyl (C=O) groups is 1. The number of ether oxygens (including phenoxy) is 1. The summed E-state index contributed by atoms with van der Waals surface area (Å²) in [6, 6.07) is 9.01. The lowest BCUT2D eigenvalue weighted by Gasteiger charge is -2.34. The molecule has 1 aromatic carbocycles. The molecular formula is C17H24O4. The summed E-state index contributed by atoms with van der Waals surface area (Å²) in [6.45, 7) is 1.34. The molecule has 1 aliphatic carbocycles. The second-order valence-corrected chi connectivity index (χ2v) is 5.82. The van der Waals surface area contributed by atoms with Crippen LogP contribution in [0.2, 0.25) is 0 Å². The molecule has 0 radical (unpaired) electrons. The molecule has 0 spiro atoms. The minimum Gasteiger partial charge on any atom is -0.459 e. The first-order chi connectivity index (χ1) is 10.1. The Hall–Kier alpha value is -1.39. The third-order valence-corrected chi connectivity index (χ3v) is 4.22. The van der Waals surface area contributed by atoms with Crippen LogP contribution in [-0.2, 0) is 9.53 Å². The van der Waals surface area contributed by atoms with Crippen molar-refractivity contribution < 1.29 is 19.7 Å². The van der Waals surface area contributed by atoms with Gasteiger partial charge < -0.3 is 14.9 Å². The van der Waals surface area contributed by atoms with Crippen LogP contribution in [0.4, 0.5) is 0 Å². The molecule has 2 N–H and O–H groups in total. The van der Waals surface area contributed by atoms with E-state index in [-0.39, 0.29) is 5.92 Å². The van der Waals surface area contributed by atoms with Gasteiger partial charge in [0.1, 0.15) is 18.3 Å². The standard InChI is InChI=1S/C17H24O4/c1-12(18)21-17(14-10-6-3-7-11-14)16(20)15(19)13-8-4-2-5-9-13/h2,4-5,8-9,14-17,19-20H,3,6-7,10-11H2,1H3/t15-,16+,17-/m1/s1. The first kappa shape index (κ1) is 16.0. The largest absolute Gasteiger partial charge is 0.459 e. The molecule has 0 amide bonds. The number of hydrogen-bond donors (Lipinski definition) is 2. The molecule has 3 atom stereocenters. The predicted molar refractivity (Wildman–Crippen MR) is 79.5 cm³/mol. The quantitative estimate of drug-likeness (QED) is 0.819. The van der Waals surface area contributed by atoms with Crippen LogP contribution in [-0.4, -0.2) is 28.4 Å². The molecule has 116 valence electrons. The molecular weight excluding hydrogens is 268 g/mol. The van der Waals surface area contributed by atoms with E-state index in [9.17, 15) is 15.0 Å². The number of rotatable bonds is 5. The van der Waals surface area contributed by atoms with Gasteiger partial charge in [-0.1, -0.05) is 49.6 Å². The van der Waals surface area contributed by atoms with E-state index in [1.54, 1.807) is 12.1 Å². The minimum atomic E-state index is -1.10. The van der Waals surface area contributed by atoms with Crippen molar-refractivity contribution in [2.45, 2.75) is 57.3 Å². The van der Waals surface area contributed by atoms with Crippen molar-refractivity contribution in [3.63, 3.8) is 0 Å². The molecule has 2 rings (SSSR count). The molecule has 0 saturated heterocycles. The van der Waals surface area contributed by atoms with Gasteiger partial charge in [-0.15, -0.1) is 0 Å². The average molecular weight is 292 g/mol. The Labute approximate surface area is 125 Å². The van der Waals surface area contributed by atoms with E-state index < -0.39 is 24.3 Å². The fraction of sp³-hybridized carbons (Fsp3) is 0.588. The summed E-state index contributed by atoms with van der Waals surface area (Å²) in [5, 5.41) is 20.9. The number of aliphatic hydroxyl groups excluding tert-OH is 2. The van der Waals surface area contributed by atoms with Crippen LogP contribution in [0.5, 0.6) is 0 Å². The van der Waals surface area contributed by atoms with Gasteiger partial charge in [0.2, 0.25) is 0 Å². The van der Waals surface area contributed by atoms with Gasteiger partial charge in [-0.3, -0.25) is 4.79 Å². The van der Waals surface area contributed by atoms with Gasteiger partial charge in [0.05, 0.1) is 0 Å². The van der Waals surface area contributed by atoms with Crippen LogP contribution in [0.1, 0.15) is 50.7 Å². The normalized spacial score (nSPS) is 20.5. The Morgan fingerprint density at radius 3 is 2.33 bits per heavy atom. The summed E-state index contributed by atoms with van der Waals surface area (Å²) < 4.78 is 5.35. The molecule has 21 heavy (non-hydrogen) atoms. The summed E-state index contributed by atoms with van der Waals surface area (Å²) in [6.07, 6.45) is 2.41.